The van der Waals surface area contributed by atoms with Gasteiger partial charge in [-0.25, -0.2) is 14.8 Å². The van der Waals surface area contributed by atoms with Crippen molar-refractivity contribution in [1.29, 1.82) is 0 Å². The Morgan fingerprint density at radius 1 is 1.42 bits per heavy atom. The summed E-state index contributed by atoms with van der Waals surface area (Å²) in [5, 5.41) is 3.10. The minimum absolute atomic E-state index is 0.340. The van der Waals surface area contributed by atoms with Crippen LogP contribution in [0.25, 0.3) is 0 Å². The van der Waals surface area contributed by atoms with Crippen molar-refractivity contribution in [2.75, 3.05) is 11.9 Å². The molecule has 2 heterocycles. The van der Waals surface area contributed by atoms with Crippen molar-refractivity contribution in [3.8, 4) is 0 Å². The molecule has 0 fully saturated rings. The zero-order valence-corrected chi connectivity index (χ0v) is 11.0. The van der Waals surface area contributed by atoms with Gasteiger partial charge < -0.3 is 14.6 Å². The summed E-state index contributed by atoms with van der Waals surface area (Å²) in [5.74, 6) is 0.988. The van der Waals surface area contributed by atoms with E-state index < -0.39 is 0 Å². The summed E-state index contributed by atoms with van der Waals surface area (Å²) in [4.78, 5) is 20.1. The molecule has 6 nitrogen and oxygen atoms in total. The van der Waals surface area contributed by atoms with Crippen LogP contribution in [0.2, 0.25) is 0 Å². The van der Waals surface area contributed by atoms with Gasteiger partial charge in [-0.15, -0.1) is 0 Å². The monoisotopic (exact) mass is 260 g/mol. The maximum Gasteiger partial charge on any atom is 0.341 e. The molecule has 2 aromatic heterocycles. The van der Waals surface area contributed by atoms with Crippen LogP contribution in [-0.2, 0) is 18.3 Å². The lowest BCUT2D eigenvalue weighted by Crippen LogP contribution is -2.12. The van der Waals surface area contributed by atoms with Gasteiger partial charge in [0.2, 0.25) is 0 Å². The van der Waals surface area contributed by atoms with Crippen LogP contribution in [0.15, 0.2) is 30.7 Å². The number of aryl methyl sites for hydroxylation is 1. The van der Waals surface area contributed by atoms with Crippen molar-refractivity contribution in [3.63, 3.8) is 0 Å². The highest BCUT2D eigenvalue weighted by Gasteiger charge is 2.13. The van der Waals surface area contributed by atoms with Crippen molar-refractivity contribution in [2.45, 2.75) is 13.5 Å². The minimum Gasteiger partial charge on any atom is -0.462 e. The zero-order valence-electron chi connectivity index (χ0n) is 11.0. The van der Waals surface area contributed by atoms with Crippen molar-refractivity contribution in [3.05, 3.63) is 42.1 Å². The Hall–Kier alpha value is -2.37. The smallest absolute Gasteiger partial charge is 0.341 e. The van der Waals surface area contributed by atoms with Gasteiger partial charge in [-0.05, 0) is 19.1 Å². The van der Waals surface area contributed by atoms with Gasteiger partial charge in [-0.2, -0.15) is 0 Å². The van der Waals surface area contributed by atoms with Crippen molar-refractivity contribution >= 4 is 11.8 Å². The Labute approximate surface area is 111 Å². The number of rotatable bonds is 5. The third-order valence-corrected chi connectivity index (χ3v) is 2.64. The summed E-state index contributed by atoms with van der Waals surface area (Å²) in [6.07, 6.45) is 5.22. The normalized spacial score (nSPS) is 10.2. The lowest BCUT2D eigenvalue weighted by molar-refractivity contribution is 0.0527. The number of esters is 1. The average molecular weight is 260 g/mol. The number of aromatic nitrogens is 3. The van der Waals surface area contributed by atoms with Crippen LogP contribution >= 0.6 is 0 Å². The quantitative estimate of drug-likeness (QED) is 0.827. The lowest BCUT2D eigenvalue weighted by atomic mass is 10.2. The molecule has 19 heavy (non-hydrogen) atoms. The Morgan fingerprint density at radius 3 is 2.95 bits per heavy atom. The van der Waals surface area contributed by atoms with Gasteiger partial charge in [0.05, 0.1) is 13.2 Å². The number of nitrogens with zero attached hydrogens (tertiary/aromatic N) is 3. The molecular formula is C13H16N4O2. The molecule has 0 bridgehead atoms. The van der Waals surface area contributed by atoms with E-state index in [1.54, 1.807) is 31.5 Å². The standard InChI is InChI=1S/C13H16N4O2/c1-3-19-13(18)10-5-4-6-15-12(10)16-9-11-14-7-8-17(11)2/h4-8H,3,9H2,1-2H3,(H,15,16). The third kappa shape index (κ3) is 3.09. The zero-order chi connectivity index (χ0) is 13.7. The maximum atomic E-state index is 11.8. The molecule has 0 saturated carbocycles. The first-order valence-corrected chi connectivity index (χ1v) is 6.04. The molecule has 0 amide bonds. The third-order valence-electron chi connectivity index (χ3n) is 2.64. The van der Waals surface area contributed by atoms with E-state index >= 15 is 0 Å². The van der Waals surface area contributed by atoms with Gasteiger partial charge in [-0.1, -0.05) is 0 Å². The van der Waals surface area contributed by atoms with Crippen molar-refractivity contribution in [1.82, 2.24) is 14.5 Å². The van der Waals surface area contributed by atoms with E-state index in [0.717, 1.165) is 5.82 Å². The van der Waals surface area contributed by atoms with Crippen LogP contribution in [0.5, 0.6) is 0 Å². The Kier molecular flexibility index (Phi) is 4.12. The van der Waals surface area contributed by atoms with E-state index in [-0.39, 0.29) is 5.97 Å². The molecule has 6 heteroatoms. The molecule has 1 N–H and O–H groups in total. The predicted octanol–water partition coefficient (Wildman–Crippen LogP) is 1.60. The molecule has 0 saturated heterocycles. The second kappa shape index (κ2) is 5.99. The van der Waals surface area contributed by atoms with Crippen LogP contribution in [0.1, 0.15) is 23.1 Å². The molecule has 2 aromatic rings. The van der Waals surface area contributed by atoms with Crippen LogP contribution in [0, 0.1) is 0 Å². The second-order valence-electron chi connectivity index (χ2n) is 3.93. The fourth-order valence-electron chi connectivity index (χ4n) is 1.65. The molecule has 0 unspecified atom stereocenters. The van der Waals surface area contributed by atoms with Gasteiger partial charge in [0.1, 0.15) is 17.2 Å². The van der Waals surface area contributed by atoms with E-state index in [2.05, 4.69) is 15.3 Å². The summed E-state index contributed by atoms with van der Waals surface area (Å²) < 4.78 is 6.89. The summed E-state index contributed by atoms with van der Waals surface area (Å²) >= 11 is 0. The second-order valence-corrected chi connectivity index (χ2v) is 3.93. The molecule has 0 aliphatic heterocycles. The number of carbonyl (C=O) groups excluding carboxylic acids is 1. The number of carbonyl (C=O) groups is 1. The van der Waals surface area contributed by atoms with E-state index in [1.807, 2.05) is 17.8 Å². The molecule has 100 valence electrons. The largest absolute Gasteiger partial charge is 0.462 e. The highest BCUT2D eigenvalue weighted by molar-refractivity contribution is 5.94. The molecule has 0 atom stereocenters. The minimum atomic E-state index is -0.377. The predicted molar refractivity (Wildman–Crippen MR) is 70.7 cm³/mol. The first-order valence-electron chi connectivity index (χ1n) is 6.04. The summed E-state index contributed by atoms with van der Waals surface area (Å²) in [6, 6.07) is 3.39. The number of hydrogen-bond donors (Lipinski definition) is 1. The highest BCUT2D eigenvalue weighted by Crippen LogP contribution is 2.13. The first kappa shape index (κ1) is 13.1. The topological polar surface area (TPSA) is 69.0 Å². The van der Waals surface area contributed by atoms with Gasteiger partial charge in [-0.3, -0.25) is 0 Å². The maximum absolute atomic E-state index is 11.8. The number of hydrogen-bond acceptors (Lipinski definition) is 5. The number of nitrogens with one attached hydrogen (secondary N) is 1. The average Bonchev–Trinajstić information content (AvgIpc) is 2.82. The number of pyridine rings is 1. The van der Waals surface area contributed by atoms with Crippen molar-refractivity contribution < 1.29 is 9.53 Å². The van der Waals surface area contributed by atoms with Crippen LogP contribution in [0.3, 0.4) is 0 Å². The SMILES string of the molecule is CCOC(=O)c1cccnc1NCc1nccn1C. The molecule has 0 aliphatic rings. The summed E-state index contributed by atoms with van der Waals surface area (Å²) in [7, 11) is 1.91. The van der Waals surface area contributed by atoms with Crippen LogP contribution in [0.4, 0.5) is 5.82 Å². The Balaban J connectivity index is 2.12. The van der Waals surface area contributed by atoms with Gasteiger partial charge in [0.15, 0.2) is 0 Å². The van der Waals surface area contributed by atoms with Crippen LogP contribution in [-0.4, -0.2) is 27.1 Å². The van der Waals surface area contributed by atoms with Gasteiger partial charge in [0, 0.05) is 25.6 Å². The molecule has 2 rings (SSSR count). The molecule has 0 spiro atoms. The fourth-order valence-corrected chi connectivity index (χ4v) is 1.65. The van der Waals surface area contributed by atoms with Gasteiger partial charge >= 0.3 is 5.97 Å². The van der Waals surface area contributed by atoms with Crippen molar-refractivity contribution in [2.24, 2.45) is 7.05 Å². The highest BCUT2D eigenvalue weighted by atomic mass is 16.5. The molecular weight excluding hydrogens is 244 g/mol. The number of ether oxygens (including phenoxy) is 1. The van der Waals surface area contributed by atoms with E-state index in [4.69, 9.17) is 4.74 Å². The lowest BCUT2D eigenvalue weighted by Gasteiger charge is -2.09. The number of imidazole rings is 1. The van der Waals surface area contributed by atoms with Crippen LogP contribution < -0.4 is 5.32 Å². The molecule has 0 aliphatic carbocycles. The number of anilines is 1. The van der Waals surface area contributed by atoms with E-state index in [0.29, 0.717) is 24.5 Å². The fraction of sp³-hybridized carbons (Fsp3) is 0.308. The Morgan fingerprint density at radius 2 is 2.26 bits per heavy atom. The van der Waals surface area contributed by atoms with E-state index in [9.17, 15) is 4.79 Å². The molecule has 0 radical (unpaired) electrons. The molecule has 0 aromatic carbocycles. The Bertz CT molecular complexity index is 565. The first-order chi connectivity index (χ1) is 9.22. The summed E-state index contributed by atoms with van der Waals surface area (Å²) in [5.41, 5.74) is 0.429. The van der Waals surface area contributed by atoms with E-state index in [1.165, 1.54) is 0 Å². The van der Waals surface area contributed by atoms with Gasteiger partial charge in [0.25, 0.3) is 0 Å². The summed E-state index contributed by atoms with van der Waals surface area (Å²) in [6.45, 7) is 2.61.